The van der Waals surface area contributed by atoms with Crippen molar-refractivity contribution in [2.45, 2.75) is 0 Å². The van der Waals surface area contributed by atoms with Crippen LogP contribution in [0.25, 0.3) is 6.08 Å². The van der Waals surface area contributed by atoms with Gasteiger partial charge in [-0.05, 0) is 24.3 Å². The molecule has 0 saturated carbocycles. The van der Waals surface area contributed by atoms with Gasteiger partial charge >= 0.3 is 5.97 Å². The van der Waals surface area contributed by atoms with E-state index in [-0.39, 0.29) is 10.7 Å². The second-order valence-electron chi connectivity index (χ2n) is 3.82. The van der Waals surface area contributed by atoms with Crippen LogP contribution in [-0.2, 0) is 4.79 Å². The van der Waals surface area contributed by atoms with Gasteiger partial charge in [0.15, 0.2) is 16.8 Å². The highest BCUT2D eigenvalue weighted by Crippen LogP contribution is 2.20. The monoisotopic (exact) mass is 310 g/mol. The van der Waals surface area contributed by atoms with Gasteiger partial charge < -0.3 is 5.11 Å². The van der Waals surface area contributed by atoms with Gasteiger partial charge in [0.1, 0.15) is 0 Å². The second-order valence-corrected chi connectivity index (χ2v) is 4.88. The number of carbonyl (C=O) groups is 2. The number of aliphatic carboxylic acids is 1. The zero-order valence-electron chi connectivity index (χ0n) is 10.3. The lowest BCUT2D eigenvalue weighted by Gasteiger charge is -2.01. The molecule has 0 saturated heterocycles. The van der Waals surface area contributed by atoms with E-state index in [9.17, 15) is 18.4 Å². The molecule has 1 aromatic heterocycles. The van der Waals surface area contributed by atoms with Crippen molar-refractivity contribution in [1.82, 2.24) is 4.98 Å². The first-order chi connectivity index (χ1) is 9.95. The van der Waals surface area contributed by atoms with Crippen molar-refractivity contribution in [3.8, 4) is 0 Å². The molecule has 5 nitrogen and oxygen atoms in total. The predicted octanol–water partition coefficient (Wildman–Crippen LogP) is 2.77. The van der Waals surface area contributed by atoms with Crippen LogP contribution in [0.4, 0.5) is 13.9 Å². The number of nitrogens with one attached hydrogen (secondary N) is 1. The smallest absolute Gasteiger partial charge is 0.328 e. The number of anilines is 1. The highest BCUT2D eigenvalue weighted by atomic mass is 32.1. The molecule has 1 amide bonds. The van der Waals surface area contributed by atoms with Crippen LogP contribution in [0.1, 0.15) is 15.2 Å². The Kier molecular flexibility index (Phi) is 4.39. The molecule has 0 bridgehead atoms. The number of carbonyl (C=O) groups excluding carboxylic acids is 1. The number of carboxylic acids is 1. The van der Waals surface area contributed by atoms with E-state index < -0.39 is 23.5 Å². The Bertz CT molecular complexity index is 728. The fourth-order valence-electron chi connectivity index (χ4n) is 1.38. The van der Waals surface area contributed by atoms with Crippen LogP contribution in [0.3, 0.4) is 0 Å². The summed E-state index contributed by atoms with van der Waals surface area (Å²) in [5.74, 6) is -3.90. The van der Waals surface area contributed by atoms with Crippen molar-refractivity contribution < 1.29 is 23.5 Å². The molecule has 1 heterocycles. The number of halogens is 2. The van der Waals surface area contributed by atoms with Crippen molar-refractivity contribution in [1.29, 1.82) is 0 Å². The fraction of sp³-hybridized carbons (Fsp3) is 0. The fourth-order valence-corrected chi connectivity index (χ4v) is 2.10. The molecule has 2 N–H and O–H groups in total. The summed E-state index contributed by atoms with van der Waals surface area (Å²) in [5.41, 5.74) is -0.0493. The first-order valence-corrected chi connectivity index (χ1v) is 6.40. The zero-order chi connectivity index (χ0) is 15.4. The Hall–Kier alpha value is -2.61. The Morgan fingerprint density at radius 1 is 1.29 bits per heavy atom. The molecule has 2 rings (SSSR count). The van der Waals surface area contributed by atoms with Crippen LogP contribution in [0.2, 0.25) is 0 Å². The summed E-state index contributed by atoms with van der Waals surface area (Å²) >= 11 is 1.04. The van der Waals surface area contributed by atoms with E-state index in [2.05, 4.69) is 10.3 Å². The summed E-state index contributed by atoms with van der Waals surface area (Å²) in [5, 5.41) is 11.1. The van der Waals surface area contributed by atoms with Crippen molar-refractivity contribution in [3.05, 3.63) is 52.5 Å². The molecule has 8 heteroatoms. The van der Waals surface area contributed by atoms with E-state index in [4.69, 9.17) is 5.11 Å². The van der Waals surface area contributed by atoms with Crippen molar-refractivity contribution >= 4 is 34.4 Å². The van der Waals surface area contributed by atoms with Crippen molar-refractivity contribution in [3.63, 3.8) is 0 Å². The predicted molar refractivity (Wildman–Crippen MR) is 73.1 cm³/mol. The van der Waals surface area contributed by atoms with Gasteiger partial charge in [-0.15, -0.1) is 0 Å². The van der Waals surface area contributed by atoms with Gasteiger partial charge in [-0.25, -0.2) is 18.6 Å². The summed E-state index contributed by atoms with van der Waals surface area (Å²) in [6.45, 7) is 0. The van der Waals surface area contributed by atoms with Gasteiger partial charge in [-0.3, -0.25) is 10.1 Å². The van der Waals surface area contributed by atoms with Gasteiger partial charge in [0, 0.05) is 22.7 Å². The summed E-state index contributed by atoms with van der Waals surface area (Å²) in [4.78, 5) is 26.6. The Morgan fingerprint density at radius 3 is 2.71 bits per heavy atom. The summed E-state index contributed by atoms with van der Waals surface area (Å²) < 4.78 is 25.8. The van der Waals surface area contributed by atoms with Gasteiger partial charge in [0.25, 0.3) is 5.91 Å². The molecule has 0 atom stereocenters. The van der Waals surface area contributed by atoms with Crippen molar-refractivity contribution in [2.75, 3.05) is 5.32 Å². The Balaban J connectivity index is 2.09. The van der Waals surface area contributed by atoms with Crippen LogP contribution in [0, 0.1) is 11.6 Å². The maximum Gasteiger partial charge on any atom is 0.328 e. The Morgan fingerprint density at radius 2 is 2.05 bits per heavy atom. The highest BCUT2D eigenvalue weighted by molar-refractivity contribution is 7.16. The SMILES string of the molecule is O=C(O)C=Cc1cnc(NC(=O)c2ccc(F)c(F)c2)s1. The minimum absolute atomic E-state index is 0.0493. The van der Waals surface area contributed by atoms with Gasteiger partial charge in [0.05, 0.1) is 0 Å². The normalized spacial score (nSPS) is 10.8. The number of thiazole rings is 1. The number of rotatable bonds is 4. The minimum atomic E-state index is -1.12. The minimum Gasteiger partial charge on any atom is -0.478 e. The quantitative estimate of drug-likeness (QED) is 0.851. The lowest BCUT2D eigenvalue weighted by molar-refractivity contribution is -0.131. The first-order valence-electron chi connectivity index (χ1n) is 5.59. The maximum atomic E-state index is 13.0. The topological polar surface area (TPSA) is 79.3 Å². The van der Waals surface area contributed by atoms with E-state index in [0.717, 1.165) is 35.6 Å². The number of hydrogen-bond acceptors (Lipinski definition) is 4. The second kappa shape index (κ2) is 6.23. The number of aromatic nitrogens is 1. The maximum absolute atomic E-state index is 13.0. The van der Waals surface area contributed by atoms with E-state index in [0.29, 0.717) is 4.88 Å². The van der Waals surface area contributed by atoms with E-state index in [1.807, 2.05) is 0 Å². The average Bonchev–Trinajstić information content (AvgIpc) is 2.87. The molecule has 0 unspecified atom stereocenters. The van der Waals surface area contributed by atoms with E-state index >= 15 is 0 Å². The third kappa shape index (κ3) is 3.93. The van der Waals surface area contributed by atoms with Crippen molar-refractivity contribution in [2.24, 2.45) is 0 Å². The molecule has 1 aromatic carbocycles. The number of carboxylic acid groups (broad SMARTS) is 1. The number of hydrogen-bond donors (Lipinski definition) is 2. The number of amides is 1. The van der Waals surface area contributed by atoms with E-state index in [1.54, 1.807) is 0 Å². The van der Waals surface area contributed by atoms with Crippen LogP contribution >= 0.6 is 11.3 Å². The molecule has 0 aliphatic rings. The molecule has 2 aromatic rings. The van der Waals surface area contributed by atoms with Gasteiger partial charge in [-0.1, -0.05) is 11.3 Å². The first kappa shape index (κ1) is 14.8. The molecular formula is C13H8F2N2O3S. The lowest BCUT2D eigenvalue weighted by Crippen LogP contribution is -2.12. The van der Waals surface area contributed by atoms with E-state index in [1.165, 1.54) is 12.3 Å². The van der Waals surface area contributed by atoms with Crippen LogP contribution in [0.15, 0.2) is 30.5 Å². The molecule has 0 fully saturated rings. The highest BCUT2D eigenvalue weighted by Gasteiger charge is 2.11. The summed E-state index contributed by atoms with van der Waals surface area (Å²) in [6, 6.07) is 2.78. The summed E-state index contributed by atoms with van der Waals surface area (Å²) in [7, 11) is 0. The molecule has 0 spiro atoms. The third-order valence-corrected chi connectivity index (χ3v) is 3.19. The molecule has 0 aliphatic carbocycles. The van der Waals surface area contributed by atoms with Gasteiger partial charge in [0.2, 0.25) is 0 Å². The van der Waals surface area contributed by atoms with Gasteiger partial charge in [-0.2, -0.15) is 0 Å². The Labute approximate surface area is 121 Å². The molecule has 108 valence electrons. The largest absolute Gasteiger partial charge is 0.478 e. The number of nitrogens with zero attached hydrogens (tertiary/aromatic N) is 1. The average molecular weight is 310 g/mol. The summed E-state index contributed by atoms with van der Waals surface area (Å²) in [6.07, 6.45) is 3.65. The van der Waals surface area contributed by atoms with Crippen LogP contribution in [-0.4, -0.2) is 22.0 Å². The van der Waals surface area contributed by atoms with Crippen LogP contribution < -0.4 is 5.32 Å². The third-order valence-electron chi connectivity index (χ3n) is 2.32. The standard InChI is InChI=1S/C13H8F2N2O3S/c14-9-3-1-7(5-10(9)15)12(20)17-13-16-6-8(21-13)2-4-11(18)19/h1-6H,(H,18,19)(H,16,17,20). The van der Waals surface area contributed by atoms with Crippen LogP contribution in [0.5, 0.6) is 0 Å². The molecular weight excluding hydrogens is 302 g/mol. The molecule has 21 heavy (non-hydrogen) atoms. The zero-order valence-corrected chi connectivity index (χ0v) is 11.2. The number of benzene rings is 1. The molecule has 0 aliphatic heterocycles. The molecule has 0 radical (unpaired) electrons. The lowest BCUT2D eigenvalue weighted by atomic mass is 10.2.